The first kappa shape index (κ1) is 16.8. The topological polar surface area (TPSA) is 63.7 Å². The van der Waals surface area contributed by atoms with Gasteiger partial charge in [0.1, 0.15) is 19.0 Å². The second kappa shape index (κ2) is 6.84. The number of fused-ring (bicyclic) bond motifs is 1. The Morgan fingerprint density at radius 3 is 2.42 bits per heavy atom. The van der Waals surface area contributed by atoms with Crippen LogP contribution in [0.15, 0.2) is 34.8 Å². The van der Waals surface area contributed by atoms with Crippen LogP contribution < -0.4 is 0 Å². The number of ether oxygens (including phenoxy) is 1. The molecular formula is C17H15BrFNO4. The lowest BCUT2D eigenvalue weighted by Crippen LogP contribution is -2.36. The Bertz CT molecular complexity index is 707. The molecule has 2 amide bonds. The van der Waals surface area contributed by atoms with Gasteiger partial charge in [0, 0.05) is 10.0 Å². The maximum atomic E-state index is 13.7. The molecule has 1 saturated heterocycles. The van der Waals surface area contributed by atoms with Crippen LogP contribution in [0.2, 0.25) is 0 Å². The van der Waals surface area contributed by atoms with Gasteiger partial charge in [-0.2, -0.15) is 0 Å². The molecule has 126 valence electrons. The van der Waals surface area contributed by atoms with Crippen molar-refractivity contribution in [3.05, 3.63) is 46.2 Å². The van der Waals surface area contributed by atoms with Crippen molar-refractivity contribution in [2.24, 2.45) is 11.8 Å². The minimum Gasteiger partial charge on any atom is -0.459 e. The molecule has 0 spiro atoms. The number of allylic oxidation sites excluding steroid dienone is 2. The van der Waals surface area contributed by atoms with Gasteiger partial charge >= 0.3 is 5.97 Å². The lowest BCUT2D eigenvalue weighted by Gasteiger charge is -2.14. The third-order valence-corrected chi connectivity index (χ3v) is 4.78. The van der Waals surface area contributed by atoms with E-state index in [2.05, 4.69) is 15.9 Å². The Labute approximate surface area is 146 Å². The third-order valence-electron chi connectivity index (χ3n) is 4.29. The number of carbonyl (C=O) groups excluding carboxylic acids is 3. The maximum Gasteiger partial charge on any atom is 0.326 e. The summed E-state index contributed by atoms with van der Waals surface area (Å²) in [6, 6.07) is 4.41. The summed E-state index contributed by atoms with van der Waals surface area (Å²) in [6.45, 7) is -0.675. The molecule has 0 bridgehead atoms. The zero-order valence-electron chi connectivity index (χ0n) is 12.7. The second-order valence-corrected chi connectivity index (χ2v) is 6.73. The summed E-state index contributed by atoms with van der Waals surface area (Å²) in [7, 11) is 0. The number of likely N-dealkylation sites (tertiary alicyclic amines) is 1. The van der Waals surface area contributed by atoms with Crippen molar-refractivity contribution >= 4 is 33.7 Å². The van der Waals surface area contributed by atoms with E-state index in [-0.39, 0.29) is 35.8 Å². The molecule has 0 aromatic heterocycles. The summed E-state index contributed by atoms with van der Waals surface area (Å²) in [5, 5.41) is 0. The van der Waals surface area contributed by atoms with Crippen molar-refractivity contribution in [3.8, 4) is 0 Å². The number of hydrogen-bond donors (Lipinski definition) is 0. The van der Waals surface area contributed by atoms with Gasteiger partial charge in [-0.1, -0.05) is 34.1 Å². The highest BCUT2D eigenvalue weighted by molar-refractivity contribution is 9.10. The van der Waals surface area contributed by atoms with Gasteiger partial charge in [0.05, 0.1) is 11.8 Å². The summed E-state index contributed by atoms with van der Waals surface area (Å²) in [5.74, 6) is -2.64. The first-order valence-electron chi connectivity index (χ1n) is 7.57. The average Bonchev–Trinajstić information content (AvgIpc) is 2.79. The number of esters is 1. The predicted octanol–water partition coefficient (Wildman–Crippen LogP) is 2.58. The fraction of sp³-hybridized carbons (Fsp3) is 0.353. The zero-order chi connectivity index (χ0) is 17.3. The van der Waals surface area contributed by atoms with Gasteiger partial charge in [0.15, 0.2) is 0 Å². The van der Waals surface area contributed by atoms with Crippen LogP contribution in [0, 0.1) is 17.7 Å². The van der Waals surface area contributed by atoms with Crippen LogP contribution in [0.25, 0.3) is 0 Å². The molecule has 0 saturated carbocycles. The number of rotatable bonds is 4. The smallest absolute Gasteiger partial charge is 0.326 e. The molecule has 5 nitrogen and oxygen atoms in total. The van der Waals surface area contributed by atoms with E-state index in [1.807, 2.05) is 12.2 Å². The van der Waals surface area contributed by atoms with Crippen LogP contribution in [-0.4, -0.2) is 29.2 Å². The summed E-state index contributed by atoms with van der Waals surface area (Å²) < 4.78 is 19.3. The standard InChI is InChI=1S/C17H15BrFNO4/c18-11-6-5-10(14(19)7-11)9-24-15(21)8-20-16(22)12-3-1-2-4-13(12)17(20)23/h1-2,5-7,12-13H,3-4,8-9H2/t12-,13-/m0/s1. The first-order valence-corrected chi connectivity index (χ1v) is 8.36. The molecular weight excluding hydrogens is 381 g/mol. The van der Waals surface area contributed by atoms with Gasteiger partial charge in [-0.25, -0.2) is 4.39 Å². The van der Waals surface area contributed by atoms with Crippen LogP contribution in [0.3, 0.4) is 0 Å². The van der Waals surface area contributed by atoms with E-state index in [0.29, 0.717) is 17.3 Å². The van der Waals surface area contributed by atoms with Crippen LogP contribution in [0.4, 0.5) is 4.39 Å². The van der Waals surface area contributed by atoms with Crippen LogP contribution in [0.5, 0.6) is 0 Å². The van der Waals surface area contributed by atoms with Gasteiger partial charge in [-0.05, 0) is 25.0 Å². The Balaban J connectivity index is 1.59. The molecule has 1 aromatic rings. The Kier molecular flexibility index (Phi) is 4.80. The average molecular weight is 396 g/mol. The van der Waals surface area contributed by atoms with Crippen molar-refractivity contribution in [1.82, 2.24) is 4.90 Å². The molecule has 3 rings (SSSR count). The van der Waals surface area contributed by atoms with Crippen LogP contribution in [0.1, 0.15) is 18.4 Å². The minimum atomic E-state index is -0.731. The Morgan fingerprint density at radius 2 is 1.83 bits per heavy atom. The van der Waals surface area contributed by atoms with Crippen LogP contribution >= 0.6 is 15.9 Å². The van der Waals surface area contributed by atoms with Gasteiger partial charge in [0.2, 0.25) is 11.8 Å². The number of hydrogen-bond acceptors (Lipinski definition) is 4. The summed E-state index contributed by atoms with van der Waals surface area (Å²) in [4.78, 5) is 37.4. The van der Waals surface area contributed by atoms with Crippen molar-refractivity contribution in [3.63, 3.8) is 0 Å². The number of imide groups is 1. The highest BCUT2D eigenvalue weighted by atomic mass is 79.9. The van der Waals surface area contributed by atoms with Crippen molar-refractivity contribution < 1.29 is 23.5 Å². The van der Waals surface area contributed by atoms with Gasteiger partial charge in [-0.15, -0.1) is 0 Å². The highest BCUT2D eigenvalue weighted by Gasteiger charge is 2.47. The lowest BCUT2D eigenvalue weighted by atomic mass is 9.85. The number of carbonyl (C=O) groups is 3. The van der Waals surface area contributed by atoms with Crippen LogP contribution in [-0.2, 0) is 25.7 Å². The van der Waals surface area contributed by atoms with E-state index in [1.54, 1.807) is 6.07 Å². The maximum absolute atomic E-state index is 13.7. The van der Waals surface area contributed by atoms with Gasteiger partial charge < -0.3 is 4.74 Å². The summed E-state index contributed by atoms with van der Waals surface area (Å²) in [6.07, 6.45) is 4.80. The van der Waals surface area contributed by atoms with Gasteiger partial charge in [-0.3, -0.25) is 19.3 Å². The van der Waals surface area contributed by atoms with E-state index in [0.717, 1.165) is 4.90 Å². The van der Waals surface area contributed by atoms with E-state index >= 15 is 0 Å². The number of amides is 2. The van der Waals surface area contributed by atoms with Gasteiger partial charge in [0.25, 0.3) is 0 Å². The molecule has 1 heterocycles. The Morgan fingerprint density at radius 1 is 1.21 bits per heavy atom. The lowest BCUT2D eigenvalue weighted by molar-refractivity contribution is -0.153. The molecule has 0 N–H and O–H groups in total. The largest absolute Gasteiger partial charge is 0.459 e. The van der Waals surface area contributed by atoms with Crippen molar-refractivity contribution in [2.75, 3.05) is 6.54 Å². The molecule has 2 atom stereocenters. The predicted molar refractivity (Wildman–Crippen MR) is 86.0 cm³/mol. The second-order valence-electron chi connectivity index (χ2n) is 5.81. The SMILES string of the molecule is O=C(CN1C(=O)[C@H]2CC=CC[C@@H]2C1=O)OCc1ccc(Br)cc1F. The summed E-state index contributed by atoms with van der Waals surface area (Å²) >= 11 is 3.14. The van der Waals surface area contributed by atoms with Crippen molar-refractivity contribution in [1.29, 1.82) is 0 Å². The number of halogens is 2. The number of benzene rings is 1. The Hall–Kier alpha value is -2.02. The molecule has 2 aliphatic rings. The molecule has 1 aromatic carbocycles. The van der Waals surface area contributed by atoms with E-state index in [4.69, 9.17) is 4.74 Å². The minimum absolute atomic E-state index is 0.225. The molecule has 0 radical (unpaired) electrons. The molecule has 1 fully saturated rings. The van der Waals surface area contributed by atoms with E-state index in [1.165, 1.54) is 12.1 Å². The van der Waals surface area contributed by atoms with Crippen molar-refractivity contribution in [2.45, 2.75) is 19.4 Å². The normalized spacial score (nSPS) is 22.7. The van der Waals surface area contributed by atoms with E-state index < -0.39 is 18.3 Å². The van der Waals surface area contributed by atoms with E-state index in [9.17, 15) is 18.8 Å². The molecule has 1 aliphatic carbocycles. The summed E-state index contributed by atoms with van der Waals surface area (Å²) in [5.41, 5.74) is 0.225. The monoisotopic (exact) mass is 395 g/mol. The molecule has 24 heavy (non-hydrogen) atoms. The fourth-order valence-electron chi connectivity index (χ4n) is 3.00. The third kappa shape index (κ3) is 3.26. The fourth-order valence-corrected chi connectivity index (χ4v) is 3.33. The first-order chi connectivity index (χ1) is 11.5. The quantitative estimate of drug-likeness (QED) is 0.446. The number of nitrogens with zero attached hydrogens (tertiary/aromatic N) is 1. The zero-order valence-corrected chi connectivity index (χ0v) is 14.3. The molecule has 0 unspecified atom stereocenters. The molecule has 1 aliphatic heterocycles. The molecule has 7 heteroatoms. The highest BCUT2D eigenvalue weighted by Crippen LogP contribution is 2.34.